The van der Waals surface area contributed by atoms with E-state index in [9.17, 15) is 9.59 Å². The maximum absolute atomic E-state index is 12.2. The van der Waals surface area contributed by atoms with Crippen molar-refractivity contribution in [3.05, 3.63) is 18.2 Å². The molecule has 0 spiro atoms. The fourth-order valence-corrected chi connectivity index (χ4v) is 2.23. The second-order valence-corrected chi connectivity index (χ2v) is 5.07. The van der Waals surface area contributed by atoms with Gasteiger partial charge in [-0.1, -0.05) is 0 Å². The first kappa shape index (κ1) is 16.3. The molecule has 1 aromatic rings. The van der Waals surface area contributed by atoms with Gasteiger partial charge < -0.3 is 25.4 Å². The standard InChI is InChI=1S/C15H21N3O4/c1-10(19)17-13-4-3-12(21-2)8-14(13)18-15(20)7-11-9-22-6-5-16-11/h3-4,8,11,16H,5-7,9H2,1-2H3,(H,17,19)(H,18,20). The summed E-state index contributed by atoms with van der Waals surface area (Å²) < 4.78 is 10.5. The highest BCUT2D eigenvalue weighted by molar-refractivity contribution is 5.99. The van der Waals surface area contributed by atoms with Gasteiger partial charge in [-0.3, -0.25) is 9.59 Å². The van der Waals surface area contributed by atoms with Gasteiger partial charge in [0.25, 0.3) is 0 Å². The Labute approximate surface area is 129 Å². The van der Waals surface area contributed by atoms with Crippen molar-refractivity contribution in [3.63, 3.8) is 0 Å². The molecule has 1 unspecified atom stereocenters. The number of anilines is 2. The number of benzene rings is 1. The number of hydrogen-bond donors (Lipinski definition) is 3. The van der Waals surface area contributed by atoms with Gasteiger partial charge in [0.05, 0.1) is 31.7 Å². The predicted molar refractivity (Wildman–Crippen MR) is 83.2 cm³/mol. The van der Waals surface area contributed by atoms with Crippen LogP contribution in [0.5, 0.6) is 5.75 Å². The Bertz CT molecular complexity index is 542. The summed E-state index contributed by atoms with van der Waals surface area (Å²) in [5.41, 5.74) is 1.05. The van der Waals surface area contributed by atoms with Crippen LogP contribution in [0.2, 0.25) is 0 Å². The monoisotopic (exact) mass is 307 g/mol. The van der Waals surface area contributed by atoms with Gasteiger partial charge in [-0.2, -0.15) is 0 Å². The molecule has 22 heavy (non-hydrogen) atoms. The summed E-state index contributed by atoms with van der Waals surface area (Å²) in [6.45, 7) is 3.35. The van der Waals surface area contributed by atoms with Crippen LogP contribution >= 0.6 is 0 Å². The van der Waals surface area contributed by atoms with Gasteiger partial charge in [0.15, 0.2) is 0 Å². The summed E-state index contributed by atoms with van der Waals surface area (Å²) in [5.74, 6) is 0.245. The molecule has 0 aromatic heterocycles. The molecule has 7 heteroatoms. The van der Waals surface area contributed by atoms with Crippen LogP contribution in [0, 0.1) is 0 Å². The van der Waals surface area contributed by atoms with Crippen molar-refractivity contribution in [3.8, 4) is 5.75 Å². The zero-order chi connectivity index (χ0) is 15.9. The van der Waals surface area contributed by atoms with Crippen molar-refractivity contribution in [2.24, 2.45) is 0 Å². The van der Waals surface area contributed by atoms with Gasteiger partial charge >= 0.3 is 0 Å². The molecule has 1 fully saturated rings. The molecule has 1 atom stereocenters. The van der Waals surface area contributed by atoms with E-state index >= 15 is 0 Å². The average molecular weight is 307 g/mol. The van der Waals surface area contributed by atoms with E-state index in [4.69, 9.17) is 9.47 Å². The fraction of sp³-hybridized carbons (Fsp3) is 0.467. The molecular weight excluding hydrogens is 286 g/mol. The summed E-state index contributed by atoms with van der Waals surface area (Å²) in [6.07, 6.45) is 0.302. The Balaban J connectivity index is 2.05. The number of rotatable bonds is 5. The van der Waals surface area contributed by atoms with Crippen LogP contribution in [0.1, 0.15) is 13.3 Å². The van der Waals surface area contributed by atoms with Gasteiger partial charge in [-0.05, 0) is 12.1 Å². The second kappa shape index (κ2) is 7.77. The largest absolute Gasteiger partial charge is 0.497 e. The normalized spacial score (nSPS) is 17.6. The highest BCUT2D eigenvalue weighted by atomic mass is 16.5. The van der Waals surface area contributed by atoms with Gasteiger partial charge in [0.2, 0.25) is 11.8 Å². The lowest BCUT2D eigenvalue weighted by molar-refractivity contribution is -0.117. The molecule has 2 rings (SSSR count). The lowest BCUT2D eigenvalue weighted by Crippen LogP contribution is -2.43. The van der Waals surface area contributed by atoms with E-state index in [0.29, 0.717) is 36.8 Å². The minimum absolute atomic E-state index is 0.00331. The number of carbonyl (C=O) groups is 2. The van der Waals surface area contributed by atoms with E-state index in [2.05, 4.69) is 16.0 Å². The predicted octanol–water partition coefficient (Wildman–Crippen LogP) is 0.971. The molecule has 7 nitrogen and oxygen atoms in total. The Hall–Kier alpha value is -2.12. The number of nitrogens with one attached hydrogen (secondary N) is 3. The number of amides is 2. The molecule has 1 aromatic carbocycles. The molecule has 1 saturated heterocycles. The Morgan fingerprint density at radius 2 is 2.18 bits per heavy atom. The van der Waals surface area contributed by atoms with Crippen LogP contribution < -0.4 is 20.7 Å². The topological polar surface area (TPSA) is 88.7 Å². The zero-order valence-corrected chi connectivity index (χ0v) is 12.8. The highest BCUT2D eigenvalue weighted by Gasteiger charge is 2.18. The van der Waals surface area contributed by atoms with Crippen molar-refractivity contribution in [1.29, 1.82) is 0 Å². The number of ether oxygens (including phenoxy) is 2. The molecule has 1 aliphatic heterocycles. The lowest BCUT2D eigenvalue weighted by atomic mass is 10.1. The van der Waals surface area contributed by atoms with Crippen molar-refractivity contribution in [1.82, 2.24) is 5.32 Å². The lowest BCUT2D eigenvalue weighted by Gasteiger charge is -2.23. The summed E-state index contributed by atoms with van der Waals surface area (Å²) in [6, 6.07) is 5.09. The quantitative estimate of drug-likeness (QED) is 0.754. The first-order valence-electron chi connectivity index (χ1n) is 7.15. The van der Waals surface area contributed by atoms with Gasteiger partial charge in [0, 0.05) is 32.0 Å². The number of methoxy groups -OCH3 is 1. The molecule has 0 radical (unpaired) electrons. The molecular formula is C15H21N3O4. The minimum Gasteiger partial charge on any atom is -0.497 e. The molecule has 0 saturated carbocycles. The fourth-order valence-electron chi connectivity index (χ4n) is 2.23. The highest BCUT2D eigenvalue weighted by Crippen LogP contribution is 2.27. The molecule has 120 valence electrons. The van der Waals surface area contributed by atoms with Crippen LogP contribution in [-0.4, -0.2) is 44.7 Å². The van der Waals surface area contributed by atoms with E-state index in [0.717, 1.165) is 6.54 Å². The first-order chi connectivity index (χ1) is 10.6. The van der Waals surface area contributed by atoms with E-state index < -0.39 is 0 Å². The average Bonchev–Trinajstić information content (AvgIpc) is 2.49. The van der Waals surface area contributed by atoms with E-state index in [-0.39, 0.29) is 17.9 Å². The molecule has 1 heterocycles. The SMILES string of the molecule is COc1ccc(NC(C)=O)c(NC(=O)CC2COCCN2)c1. The zero-order valence-electron chi connectivity index (χ0n) is 12.8. The second-order valence-electron chi connectivity index (χ2n) is 5.07. The molecule has 1 aliphatic rings. The van der Waals surface area contributed by atoms with Crippen LogP contribution in [0.4, 0.5) is 11.4 Å². The van der Waals surface area contributed by atoms with Crippen molar-refractivity contribution in [2.75, 3.05) is 37.5 Å². The minimum atomic E-state index is -0.206. The van der Waals surface area contributed by atoms with Crippen LogP contribution in [-0.2, 0) is 14.3 Å². The van der Waals surface area contributed by atoms with Crippen molar-refractivity contribution < 1.29 is 19.1 Å². The van der Waals surface area contributed by atoms with Crippen LogP contribution in [0.15, 0.2) is 18.2 Å². The smallest absolute Gasteiger partial charge is 0.226 e. The third-order valence-corrected chi connectivity index (χ3v) is 3.24. The van der Waals surface area contributed by atoms with E-state index in [1.54, 1.807) is 25.3 Å². The van der Waals surface area contributed by atoms with Crippen LogP contribution in [0.3, 0.4) is 0 Å². The Morgan fingerprint density at radius 3 is 2.82 bits per heavy atom. The summed E-state index contributed by atoms with van der Waals surface area (Å²) in [4.78, 5) is 23.4. The summed E-state index contributed by atoms with van der Waals surface area (Å²) in [7, 11) is 1.54. The molecule has 2 amide bonds. The number of hydrogen-bond acceptors (Lipinski definition) is 5. The Kier molecular flexibility index (Phi) is 5.74. The maximum Gasteiger partial charge on any atom is 0.226 e. The summed E-state index contributed by atoms with van der Waals surface area (Å²) in [5, 5.41) is 8.72. The maximum atomic E-state index is 12.2. The third-order valence-electron chi connectivity index (χ3n) is 3.24. The first-order valence-corrected chi connectivity index (χ1v) is 7.15. The van der Waals surface area contributed by atoms with Gasteiger partial charge in [-0.15, -0.1) is 0 Å². The van der Waals surface area contributed by atoms with Crippen molar-refractivity contribution >= 4 is 23.2 Å². The molecule has 3 N–H and O–H groups in total. The molecule has 0 aliphatic carbocycles. The van der Waals surface area contributed by atoms with Crippen LogP contribution in [0.25, 0.3) is 0 Å². The van der Waals surface area contributed by atoms with Gasteiger partial charge in [0.1, 0.15) is 5.75 Å². The van der Waals surface area contributed by atoms with E-state index in [1.807, 2.05) is 0 Å². The Morgan fingerprint density at radius 1 is 1.36 bits per heavy atom. The molecule has 0 bridgehead atoms. The van der Waals surface area contributed by atoms with E-state index in [1.165, 1.54) is 6.92 Å². The summed E-state index contributed by atoms with van der Waals surface area (Å²) >= 11 is 0. The van der Waals surface area contributed by atoms with Crippen molar-refractivity contribution in [2.45, 2.75) is 19.4 Å². The number of carbonyl (C=O) groups excluding carboxylic acids is 2. The van der Waals surface area contributed by atoms with Gasteiger partial charge in [-0.25, -0.2) is 0 Å². The third kappa shape index (κ3) is 4.71. The number of morpholine rings is 1.